The van der Waals surface area contributed by atoms with E-state index in [1.54, 1.807) is 12.1 Å². The first-order valence-electron chi connectivity index (χ1n) is 7.71. The highest BCUT2D eigenvalue weighted by Crippen LogP contribution is 2.24. The minimum absolute atomic E-state index is 0.265. The van der Waals surface area contributed by atoms with Crippen LogP contribution in [-0.2, 0) is 20.4 Å². The van der Waals surface area contributed by atoms with Crippen molar-refractivity contribution in [2.45, 2.75) is 30.9 Å². The number of rotatable bonds is 6. The SMILES string of the molecule is C[C@H](C(=O)N[C@H](C)c1ccccc1)S(=O)(=O)Cc1ccc(Cl)cc1Cl. The average Bonchev–Trinajstić information content (AvgIpc) is 2.57. The van der Waals surface area contributed by atoms with Crippen LogP contribution in [0, 0.1) is 0 Å². The second kappa shape index (κ2) is 8.21. The van der Waals surface area contributed by atoms with Gasteiger partial charge >= 0.3 is 0 Å². The molecule has 7 heteroatoms. The van der Waals surface area contributed by atoms with Gasteiger partial charge in [-0.1, -0.05) is 59.6 Å². The summed E-state index contributed by atoms with van der Waals surface area (Å²) >= 11 is 11.9. The number of sulfone groups is 1. The lowest BCUT2D eigenvalue weighted by Crippen LogP contribution is -2.39. The summed E-state index contributed by atoms with van der Waals surface area (Å²) in [5.74, 6) is -0.862. The Bertz CT molecular complexity index is 854. The summed E-state index contributed by atoms with van der Waals surface area (Å²) in [4.78, 5) is 12.4. The van der Waals surface area contributed by atoms with Gasteiger partial charge in [0.15, 0.2) is 9.84 Å². The van der Waals surface area contributed by atoms with E-state index in [9.17, 15) is 13.2 Å². The molecular weight excluding hydrogens is 381 g/mol. The summed E-state index contributed by atoms with van der Waals surface area (Å²) in [6.45, 7) is 3.19. The number of benzene rings is 2. The maximum atomic E-state index is 12.5. The number of halogens is 2. The van der Waals surface area contributed by atoms with Crippen molar-refractivity contribution in [3.63, 3.8) is 0 Å². The van der Waals surface area contributed by atoms with Crippen molar-refractivity contribution in [2.75, 3.05) is 0 Å². The number of carbonyl (C=O) groups excluding carboxylic acids is 1. The lowest BCUT2D eigenvalue weighted by molar-refractivity contribution is -0.121. The zero-order chi connectivity index (χ0) is 18.6. The quantitative estimate of drug-likeness (QED) is 0.792. The van der Waals surface area contributed by atoms with Crippen molar-refractivity contribution in [3.8, 4) is 0 Å². The predicted molar refractivity (Wildman–Crippen MR) is 102 cm³/mol. The number of carbonyl (C=O) groups is 1. The number of nitrogens with one attached hydrogen (secondary N) is 1. The highest BCUT2D eigenvalue weighted by molar-refractivity contribution is 7.92. The molecule has 0 saturated heterocycles. The number of hydrogen-bond acceptors (Lipinski definition) is 3. The minimum Gasteiger partial charge on any atom is -0.348 e. The lowest BCUT2D eigenvalue weighted by atomic mass is 10.1. The molecule has 0 saturated carbocycles. The minimum atomic E-state index is -3.72. The molecular formula is C18H19Cl2NO3S. The predicted octanol–water partition coefficient (Wildman–Crippen LogP) is 4.17. The molecule has 2 aromatic carbocycles. The molecule has 2 aromatic rings. The Morgan fingerprint density at radius 1 is 1.08 bits per heavy atom. The van der Waals surface area contributed by atoms with E-state index in [4.69, 9.17) is 23.2 Å². The molecule has 1 amide bonds. The van der Waals surface area contributed by atoms with E-state index < -0.39 is 21.0 Å². The van der Waals surface area contributed by atoms with Gasteiger partial charge in [0.25, 0.3) is 0 Å². The van der Waals surface area contributed by atoms with Crippen LogP contribution in [0.15, 0.2) is 48.5 Å². The van der Waals surface area contributed by atoms with Crippen molar-refractivity contribution in [1.82, 2.24) is 5.32 Å². The van der Waals surface area contributed by atoms with Crippen LogP contribution in [0.3, 0.4) is 0 Å². The van der Waals surface area contributed by atoms with Crippen LogP contribution in [0.2, 0.25) is 10.0 Å². The molecule has 0 aliphatic carbocycles. The Kier molecular flexibility index (Phi) is 6.49. The fraction of sp³-hybridized carbons (Fsp3) is 0.278. The van der Waals surface area contributed by atoms with Gasteiger partial charge in [-0.25, -0.2) is 8.42 Å². The van der Waals surface area contributed by atoms with Gasteiger partial charge in [0, 0.05) is 10.0 Å². The molecule has 0 aromatic heterocycles. The van der Waals surface area contributed by atoms with E-state index >= 15 is 0 Å². The van der Waals surface area contributed by atoms with Crippen LogP contribution >= 0.6 is 23.2 Å². The standard InChI is InChI=1S/C18H19Cl2NO3S/c1-12(14-6-4-3-5-7-14)21-18(22)13(2)25(23,24)11-15-8-9-16(19)10-17(15)20/h3-10,12-13H,11H2,1-2H3,(H,21,22)/t12-,13-/m1/s1. The van der Waals surface area contributed by atoms with E-state index in [2.05, 4.69) is 5.32 Å². The van der Waals surface area contributed by atoms with Crippen molar-refractivity contribution < 1.29 is 13.2 Å². The van der Waals surface area contributed by atoms with Crippen LogP contribution < -0.4 is 5.32 Å². The molecule has 0 heterocycles. The van der Waals surface area contributed by atoms with E-state index in [1.165, 1.54) is 13.0 Å². The molecule has 134 valence electrons. The molecule has 0 fully saturated rings. The molecule has 0 radical (unpaired) electrons. The van der Waals surface area contributed by atoms with E-state index in [0.29, 0.717) is 10.6 Å². The third kappa shape index (κ3) is 5.21. The summed E-state index contributed by atoms with van der Waals surface area (Å²) in [5.41, 5.74) is 1.32. The summed E-state index contributed by atoms with van der Waals surface area (Å²) in [7, 11) is -3.72. The van der Waals surface area contributed by atoms with E-state index in [1.807, 2.05) is 37.3 Å². The molecule has 4 nitrogen and oxygen atoms in total. The summed E-state index contributed by atoms with van der Waals surface area (Å²) < 4.78 is 25.1. The fourth-order valence-electron chi connectivity index (χ4n) is 2.30. The highest BCUT2D eigenvalue weighted by atomic mass is 35.5. The second-order valence-corrected chi connectivity index (χ2v) is 8.99. The first kappa shape index (κ1) is 19.8. The van der Waals surface area contributed by atoms with Crippen molar-refractivity contribution in [3.05, 3.63) is 69.7 Å². The maximum Gasteiger partial charge on any atom is 0.238 e. The molecule has 2 rings (SSSR count). The Morgan fingerprint density at radius 3 is 2.32 bits per heavy atom. The Morgan fingerprint density at radius 2 is 1.72 bits per heavy atom. The molecule has 0 spiro atoms. The second-order valence-electron chi connectivity index (χ2n) is 5.83. The van der Waals surface area contributed by atoms with Crippen molar-refractivity contribution >= 4 is 38.9 Å². The number of hydrogen-bond donors (Lipinski definition) is 1. The Labute approximate surface area is 158 Å². The van der Waals surface area contributed by atoms with Gasteiger partial charge in [0.2, 0.25) is 5.91 Å². The topological polar surface area (TPSA) is 63.2 Å². The lowest BCUT2D eigenvalue weighted by Gasteiger charge is -2.18. The maximum absolute atomic E-state index is 12.5. The van der Waals surface area contributed by atoms with Crippen LogP contribution in [0.4, 0.5) is 0 Å². The van der Waals surface area contributed by atoms with Gasteiger partial charge in [-0.2, -0.15) is 0 Å². The van der Waals surface area contributed by atoms with Crippen LogP contribution in [-0.4, -0.2) is 19.6 Å². The normalized spacial score (nSPS) is 13.9. The molecule has 0 aliphatic heterocycles. The average molecular weight is 400 g/mol. The third-order valence-electron chi connectivity index (χ3n) is 3.94. The van der Waals surface area contributed by atoms with Gasteiger partial charge in [0.1, 0.15) is 5.25 Å². The van der Waals surface area contributed by atoms with Crippen LogP contribution in [0.1, 0.15) is 31.0 Å². The van der Waals surface area contributed by atoms with Crippen molar-refractivity contribution in [1.29, 1.82) is 0 Å². The summed E-state index contributed by atoms with van der Waals surface area (Å²) in [5, 5.41) is 2.24. The Hall–Kier alpha value is -1.56. The largest absolute Gasteiger partial charge is 0.348 e. The molecule has 0 unspecified atom stereocenters. The smallest absolute Gasteiger partial charge is 0.238 e. The fourth-order valence-corrected chi connectivity index (χ4v) is 4.18. The molecule has 0 bridgehead atoms. The van der Waals surface area contributed by atoms with Crippen molar-refractivity contribution in [2.24, 2.45) is 0 Å². The van der Waals surface area contributed by atoms with Crippen LogP contribution in [0.5, 0.6) is 0 Å². The zero-order valence-corrected chi connectivity index (χ0v) is 16.2. The van der Waals surface area contributed by atoms with Crippen LogP contribution in [0.25, 0.3) is 0 Å². The van der Waals surface area contributed by atoms with Gasteiger partial charge in [-0.3, -0.25) is 4.79 Å². The summed E-state index contributed by atoms with van der Waals surface area (Å²) in [6, 6.07) is 13.7. The molecule has 2 atom stereocenters. The van der Waals surface area contributed by atoms with E-state index in [0.717, 1.165) is 5.56 Å². The Balaban J connectivity index is 2.09. The zero-order valence-electron chi connectivity index (χ0n) is 13.9. The molecule has 0 aliphatic rings. The monoisotopic (exact) mass is 399 g/mol. The summed E-state index contributed by atoms with van der Waals surface area (Å²) in [6.07, 6.45) is 0. The van der Waals surface area contributed by atoms with E-state index in [-0.39, 0.29) is 16.8 Å². The highest BCUT2D eigenvalue weighted by Gasteiger charge is 2.29. The molecule has 25 heavy (non-hydrogen) atoms. The van der Waals surface area contributed by atoms with Gasteiger partial charge in [-0.05, 0) is 37.1 Å². The molecule has 1 N–H and O–H groups in total. The first-order valence-corrected chi connectivity index (χ1v) is 10.2. The van der Waals surface area contributed by atoms with Gasteiger partial charge in [0.05, 0.1) is 11.8 Å². The third-order valence-corrected chi connectivity index (χ3v) is 6.53. The number of amides is 1. The first-order chi connectivity index (χ1) is 11.7. The van der Waals surface area contributed by atoms with Gasteiger partial charge in [-0.15, -0.1) is 0 Å². The van der Waals surface area contributed by atoms with Gasteiger partial charge < -0.3 is 5.32 Å².